The fourth-order valence-corrected chi connectivity index (χ4v) is 0.742. The molecule has 0 aromatic carbocycles. The van der Waals surface area contributed by atoms with Gasteiger partial charge in [-0.1, -0.05) is 5.92 Å². The van der Waals surface area contributed by atoms with E-state index in [9.17, 15) is 4.79 Å². The highest BCUT2D eigenvalue weighted by Crippen LogP contribution is 1.96. The molecular formula is C9H15NO. The fraction of sp³-hybridized carbons (Fsp3) is 0.667. The van der Waals surface area contributed by atoms with Gasteiger partial charge in [0.25, 0.3) is 0 Å². The number of carbonyl (C=O) groups excluding carboxylic acids is 1. The first kappa shape index (κ1) is 10.2. The minimum Gasteiger partial charge on any atom is -0.330 e. The minimum absolute atomic E-state index is 0.229. The van der Waals surface area contributed by atoms with Gasteiger partial charge in [0.15, 0.2) is 0 Å². The number of rotatable bonds is 5. The van der Waals surface area contributed by atoms with E-state index >= 15 is 0 Å². The second-order valence-corrected chi connectivity index (χ2v) is 2.39. The normalized spacial score (nSPS) is 8.55. The maximum atomic E-state index is 10.9. The van der Waals surface area contributed by atoms with E-state index in [1.54, 1.807) is 6.92 Å². The van der Waals surface area contributed by atoms with E-state index in [-0.39, 0.29) is 5.78 Å². The van der Waals surface area contributed by atoms with E-state index in [0.717, 1.165) is 12.8 Å². The molecule has 0 saturated heterocycles. The van der Waals surface area contributed by atoms with Gasteiger partial charge in [0.2, 0.25) is 0 Å². The molecule has 2 nitrogen and oxygen atoms in total. The monoisotopic (exact) mass is 153 g/mol. The van der Waals surface area contributed by atoms with E-state index in [1.807, 2.05) is 0 Å². The molecule has 0 heterocycles. The van der Waals surface area contributed by atoms with Crippen LogP contribution in [-0.2, 0) is 4.79 Å². The molecule has 0 saturated carbocycles. The maximum absolute atomic E-state index is 10.9. The van der Waals surface area contributed by atoms with Crippen molar-refractivity contribution >= 4 is 5.78 Å². The van der Waals surface area contributed by atoms with Crippen LogP contribution in [-0.4, -0.2) is 12.3 Å². The highest BCUT2D eigenvalue weighted by Gasteiger charge is 1.97. The average Bonchev–Trinajstić information content (AvgIpc) is 2.01. The van der Waals surface area contributed by atoms with Crippen LogP contribution < -0.4 is 5.73 Å². The van der Waals surface area contributed by atoms with Crippen LogP contribution in [0.15, 0.2) is 0 Å². The molecule has 0 aromatic rings. The predicted molar refractivity (Wildman–Crippen MR) is 46.0 cm³/mol. The lowest BCUT2D eigenvalue weighted by molar-refractivity contribution is -0.118. The molecule has 0 aromatic heterocycles. The van der Waals surface area contributed by atoms with Crippen molar-refractivity contribution in [3.05, 3.63) is 0 Å². The molecule has 0 spiro atoms. The summed E-state index contributed by atoms with van der Waals surface area (Å²) in [5.74, 6) is 5.67. The van der Waals surface area contributed by atoms with Crippen molar-refractivity contribution in [1.29, 1.82) is 0 Å². The zero-order valence-corrected chi connectivity index (χ0v) is 7.02. The summed E-state index contributed by atoms with van der Waals surface area (Å²) < 4.78 is 0. The van der Waals surface area contributed by atoms with Gasteiger partial charge >= 0.3 is 0 Å². The van der Waals surface area contributed by atoms with Gasteiger partial charge in [-0.25, -0.2) is 0 Å². The molecular weight excluding hydrogens is 138 g/mol. The summed E-state index contributed by atoms with van der Waals surface area (Å²) in [6.07, 6.45) is 2.87. The molecule has 0 radical (unpaired) electrons. The Kier molecular flexibility index (Phi) is 6.76. The van der Waals surface area contributed by atoms with Crippen LogP contribution >= 0.6 is 0 Å². The lowest BCUT2D eigenvalue weighted by Gasteiger charge is -1.94. The molecule has 2 heteroatoms. The highest BCUT2D eigenvalue weighted by molar-refractivity contribution is 5.80. The van der Waals surface area contributed by atoms with E-state index < -0.39 is 0 Å². The SMILES string of the molecule is CC#CCC(=O)CCCCN. The Labute approximate surface area is 68.2 Å². The Morgan fingerprint density at radius 1 is 1.45 bits per heavy atom. The molecule has 0 unspecified atom stereocenters. The average molecular weight is 153 g/mol. The molecule has 0 atom stereocenters. The van der Waals surface area contributed by atoms with E-state index in [2.05, 4.69) is 11.8 Å². The van der Waals surface area contributed by atoms with Crippen molar-refractivity contribution in [3.8, 4) is 11.8 Å². The molecule has 0 amide bonds. The van der Waals surface area contributed by atoms with Crippen LogP contribution in [0.2, 0.25) is 0 Å². The van der Waals surface area contributed by atoms with E-state index in [1.165, 1.54) is 0 Å². The van der Waals surface area contributed by atoms with Crippen molar-refractivity contribution in [2.75, 3.05) is 6.54 Å². The van der Waals surface area contributed by atoms with E-state index in [4.69, 9.17) is 5.73 Å². The largest absolute Gasteiger partial charge is 0.330 e. The standard InChI is InChI=1S/C9H15NO/c1-2-3-6-9(11)7-4-5-8-10/h4-8,10H2,1H3. The zero-order valence-electron chi connectivity index (χ0n) is 7.02. The van der Waals surface area contributed by atoms with Gasteiger partial charge in [-0.2, -0.15) is 0 Å². The summed E-state index contributed by atoms with van der Waals surface area (Å²) in [5.41, 5.74) is 5.28. The van der Waals surface area contributed by atoms with Gasteiger partial charge in [-0.3, -0.25) is 4.79 Å². The van der Waals surface area contributed by atoms with Crippen LogP contribution in [0.25, 0.3) is 0 Å². The topological polar surface area (TPSA) is 43.1 Å². The minimum atomic E-state index is 0.229. The Morgan fingerprint density at radius 2 is 2.18 bits per heavy atom. The first-order valence-corrected chi connectivity index (χ1v) is 3.92. The Balaban J connectivity index is 3.27. The zero-order chi connectivity index (χ0) is 8.53. The number of hydrogen-bond acceptors (Lipinski definition) is 2. The second kappa shape index (κ2) is 7.30. The van der Waals surface area contributed by atoms with Gasteiger partial charge in [0.05, 0.1) is 6.42 Å². The van der Waals surface area contributed by atoms with Crippen LogP contribution in [0, 0.1) is 11.8 Å². The first-order valence-electron chi connectivity index (χ1n) is 3.92. The molecule has 62 valence electrons. The molecule has 0 aliphatic rings. The summed E-state index contributed by atoms with van der Waals surface area (Å²) in [6, 6.07) is 0. The van der Waals surface area contributed by atoms with Crippen LogP contribution in [0.5, 0.6) is 0 Å². The number of Topliss-reactive ketones (excluding diaryl/α,β-unsaturated/α-hetero) is 1. The van der Waals surface area contributed by atoms with Gasteiger partial charge in [-0.05, 0) is 26.3 Å². The van der Waals surface area contributed by atoms with Crippen LogP contribution in [0.1, 0.15) is 32.6 Å². The third kappa shape index (κ3) is 7.08. The Hall–Kier alpha value is -0.810. The smallest absolute Gasteiger partial charge is 0.144 e. The van der Waals surface area contributed by atoms with Crippen molar-refractivity contribution in [1.82, 2.24) is 0 Å². The lowest BCUT2D eigenvalue weighted by atomic mass is 10.1. The predicted octanol–water partition coefficient (Wildman–Crippen LogP) is 1.10. The fourth-order valence-electron chi connectivity index (χ4n) is 0.742. The molecule has 2 N–H and O–H groups in total. The summed E-state index contributed by atoms with van der Waals surface area (Å²) in [4.78, 5) is 10.9. The van der Waals surface area contributed by atoms with Crippen molar-refractivity contribution in [2.24, 2.45) is 5.73 Å². The van der Waals surface area contributed by atoms with Gasteiger partial charge in [0, 0.05) is 6.42 Å². The Morgan fingerprint density at radius 3 is 2.73 bits per heavy atom. The number of hydrogen-bond donors (Lipinski definition) is 1. The van der Waals surface area contributed by atoms with Crippen molar-refractivity contribution in [3.63, 3.8) is 0 Å². The number of unbranched alkanes of at least 4 members (excludes halogenated alkanes) is 1. The van der Waals surface area contributed by atoms with Gasteiger partial charge in [-0.15, -0.1) is 5.92 Å². The number of ketones is 1. The maximum Gasteiger partial charge on any atom is 0.144 e. The molecule has 0 aliphatic heterocycles. The Bertz CT molecular complexity index is 164. The van der Waals surface area contributed by atoms with Crippen LogP contribution in [0.3, 0.4) is 0 Å². The van der Waals surface area contributed by atoms with Gasteiger partial charge < -0.3 is 5.73 Å². The van der Waals surface area contributed by atoms with Gasteiger partial charge in [0.1, 0.15) is 5.78 Å². The van der Waals surface area contributed by atoms with E-state index in [0.29, 0.717) is 19.4 Å². The first-order chi connectivity index (χ1) is 5.31. The van der Waals surface area contributed by atoms with Crippen molar-refractivity contribution < 1.29 is 4.79 Å². The summed E-state index contributed by atoms with van der Waals surface area (Å²) in [7, 11) is 0. The summed E-state index contributed by atoms with van der Waals surface area (Å²) >= 11 is 0. The molecule has 0 fully saturated rings. The molecule has 0 bridgehead atoms. The third-order valence-corrected chi connectivity index (χ3v) is 1.37. The summed E-state index contributed by atoms with van der Waals surface area (Å²) in [6.45, 7) is 2.42. The number of nitrogens with two attached hydrogens (primary N) is 1. The third-order valence-electron chi connectivity index (χ3n) is 1.37. The lowest BCUT2D eigenvalue weighted by Crippen LogP contribution is -2.01. The number of carbonyl (C=O) groups is 1. The highest BCUT2D eigenvalue weighted by atomic mass is 16.1. The molecule has 0 aliphatic carbocycles. The second-order valence-electron chi connectivity index (χ2n) is 2.39. The molecule has 11 heavy (non-hydrogen) atoms. The quantitative estimate of drug-likeness (QED) is 0.474. The van der Waals surface area contributed by atoms with Crippen molar-refractivity contribution in [2.45, 2.75) is 32.6 Å². The molecule has 0 rings (SSSR count). The summed E-state index contributed by atoms with van der Waals surface area (Å²) in [5, 5.41) is 0. The van der Waals surface area contributed by atoms with Crippen LogP contribution in [0.4, 0.5) is 0 Å².